The Labute approximate surface area is 195 Å². The number of nitrogens with one attached hydrogen (secondary N) is 3. The molecule has 1 aliphatic heterocycles. The van der Waals surface area contributed by atoms with Crippen LogP contribution in [0.5, 0.6) is 11.5 Å². The summed E-state index contributed by atoms with van der Waals surface area (Å²) in [6.45, 7) is 9.75. The van der Waals surface area contributed by atoms with Crippen LogP contribution in [0.15, 0.2) is 18.2 Å². The van der Waals surface area contributed by atoms with Gasteiger partial charge in [0.1, 0.15) is 17.1 Å². The van der Waals surface area contributed by atoms with Crippen molar-refractivity contribution in [2.75, 3.05) is 19.0 Å². The van der Waals surface area contributed by atoms with Crippen LogP contribution in [0.3, 0.4) is 0 Å². The molecule has 3 rings (SSSR count). The molecule has 0 saturated heterocycles. The van der Waals surface area contributed by atoms with Crippen molar-refractivity contribution < 1.29 is 19.4 Å². The first-order valence-corrected chi connectivity index (χ1v) is 10.5. The van der Waals surface area contributed by atoms with Gasteiger partial charge >= 0.3 is 5.97 Å². The summed E-state index contributed by atoms with van der Waals surface area (Å²) in [5.74, 6) is 0.816. The average molecular weight is 462 g/mol. The maximum absolute atomic E-state index is 12.7. The van der Waals surface area contributed by atoms with Crippen molar-refractivity contribution in [1.82, 2.24) is 5.32 Å². The summed E-state index contributed by atoms with van der Waals surface area (Å²) in [7, 11) is 1.66. The Morgan fingerprint density at radius 1 is 1.25 bits per heavy atom. The molecule has 1 atom stereocenters. The molecule has 1 heterocycles. The van der Waals surface area contributed by atoms with Crippen LogP contribution >= 0.6 is 12.4 Å². The van der Waals surface area contributed by atoms with Gasteiger partial charge in [-0.2, -0.15) is 0 Å². The minimum Gasteiger partial charge on any atom is -0.507 e. The van der Waals surface area contributed by atoms with Gasteiger partial charge in [0, 0.05) is 23.9 Å². The number of ether oxygens (including phenoxy) is 2. The Hall–Kier alpha value is -2.93. The van der Waals surface area contributed by atoms with E-state index < -0.39 is 11.6 Å². The van der Waals surface area contributed by atoms with Gasteiger partial charge in [0.25, 0.3) is 0 Å². The van der Waals surface area contributed by atoms with E-state index in [1.165, 1.54) is 0 Å². The molecule has 1 aliphatic rings. The first-order chi connectivity index (χ1) is 14.6. The molecule has 0 fully saturated rings. The molecule has 2 aromatic rings. The zero-order chi connectivity index (χ0) is 22.9. The lowest BCUT2D eigenvalue weighted by Gasteiger charge is -2.39. The van der Waals surface area contributed by atoms with Gasteiger partial charge < -0.3 is 25.2 Å². The number of aromatic hydroxyl groups is 1. The van der Waals surface area contributed by atoms with Gasteiger partial charge in [-0.15, -0.1) is 12.4 Å². The number of esters is 1. The van der Waals surface area contributed by atoms with E-state index in [1.54, 1.807) is 26.1 Å². The lowest BCUT2D eigenvalue weighted by Crippen LogP contribution is -2.36. The number of hydrogen-bond donors (Lipinski definition) is 4. The smallest absolute Gasteiger partial charge is 0.338 e. The number of phenols is 1. The minimum atomic E-state index is -0.783. The second-order valence-electron chi connectivity index (χ2n) is 8.10. The van der Waals surface area contributed by atoms with Crippen LogP contribution in [-0.2, 0) is 16.8 Å². The Kier molecular flexibility index (Phi) is 7.67. The van der Waals surface area contributed by atoms with Crippen molar-refractivity contribution in [2.45, 2.75) is 53.1 Å². The summed E-state index contributed by atoms with van der Waals surface area (Å²) in [4.78, 5) is 12.7. The molecular formula is C24H32ClN3O4. The van der Waals surface area contributed by atoms with E-state index in [9.17, 15) is 9.90 Å². The third kappa shape index (κ3) is 4.48. The van der Waals surface area contributed by atoms with Crippen molar-refractivity contribution in [3.05, 3.63) is 51.6 Å². The van der Waals surface area contributed by atoms with Gasteiger partial charge in [0.2, 0.25) is 0 Å². The Morgan fingerprint density at radius 3 is 2.56 bits per heavy atom. The predicted molar refractivity (Wildman–Crippen MR) is 129 cm³/mol. The highest BCUT2D eigenvalue weighted by atomic mass is 35.5. The minimum absolute atomic E-state index is 0. The summed E-state index contributed by atoms with van der Waals surface area (Å²) in [5.41, 5.74) is 4.57. The molecule has 174 valence electrons. The molecular weight excluding hydrogens is 430 g/mol. The van der Waals surface area contributed by atoms with E-state index in [0.717, 1.165) is 28.0 Å². The van der Waals surface area contributed by atoms with Crippen LogP contribution < -0.4 is 15.4 Å². The second kappa shape index (κ2) is 9.69. The van der Waals surface area contributed by atoms with Gasteiger partial charge in [0.15, 0.2) is 5.96 Å². The molecule has 0 saturated carbocycles. The summed E-state index contributed by atoms with van der Waals surface area (Å²) >= 11 is 0. The van der Waals surface area contributed by atoms with Crippen LogP contribution in [0, 0.1) is 26.2 Å². The highest BCUT2D eigenvalue weighted by Gasteiger charge is 2.39. The number of guanidine groups is 1. The number of anilines is 1. The maximum atomic E-state index is 12.7. The van der Waals surface area contributed by atoms with Crippen LogP contribution in [0.2, 0.25) is 0 Å². The second-order valence-corrected chi connectivity index (χ2v) is 8.10. The van der Waals surface area contributed by atoms with Crippen LogP contribution in [0.25, 0.3) is 0 Å². The van der Waals surface area contributed by atoms with Gasteiger partial charge in [-0.25, -0.2) is 4.79 Å². The quantitative estimate of drug-likeness (QED) is 0.298. The summed E-state index contributed by atoms with van der Waals surface area (Å²) in [6.07, 6.45) is 1.33. The summed E-state index contributed by atoms with van der Waals surface area (Å²) in [5, 5.41) is 24.0. The summed E-state index contributed by atoms with van der Waals surface area (Å²) < 4.78 is 11.9. The van der Waals surface area contributed by atoms with Crippen molar-refractivity contribution in [3.63, 3.8) is 0 Å². The molecule has 0 spiro atoms. The molecule has 2 aromatic carbocycles. The molecule has 32 heavy (non-hydrogen) atoms. The van der Waals surface area contributed by atoms with Crippen LogP contribution in [-0.4, -0.2) is 30.7 Å². The third-order valence-electron chi connectivity index (χ3n) is 6.12. The molecule has 0 aromatic heterocycles. The van der Waals surface area contributed by atoms with Gasteiger partial charge in [-0.05, 0) is 82.3 Å². The first kappa shape index (κ1) is 25.3. The van der Waals surface area contributed by atoms with Crippen molar-refractivity contribution in [3.8, 4) is 11.5 Å². The lowest BCUT2D eigenvalue weighted by atomic mass is 9.81. The predicted octanol–water partition coefficient (Wildman–Crippen LogP) is 4.72. The highest BCUT2D eigenvalue weighted by molar-refractivity contribution is 5.94. The van der Waals surface area contributed by atoms with E-state index in [4.69, 9.17) is 14.9 Å². The van der Waals surface area contributed by atoms with Crippen LogP contribution in [0.1, 0.15) is 58.4 Å². The Bertz CT molecular complexity index is 1050. The molecule has 7 nitrogen and oxygen atoms in total. The molecule has 0 amide bonds. The number of rotatable bonds is 4. The van der Waals surface area contributed by atoms with Crippen molar-refractivity contribution in [2.24, 2.45) is 0 Å². The number of benzene rings is 2. The Balaban J connectivity index is 0.00000363. The topological polar surface area (TPSA) is 104 Å². The fourth-order valence-electron chi connectivity index (χ4n) is 4.09. The molecule has 8 heteroatoms. The molecule has 0 aliphatic carbocycles. The SMILES string of the molecule is CCOC(=O)c1ccc(NC(=N)NC)cc1C1(C)CCc2c(C)c(O)c(C)c(C)c2O1.Cl. The monoisotopic (exact) mass is 461 g/mol. The molecule has 0 bridgehead atoms. The number of carbonyl (C=O) groups excluding carboxylic acids is 1. The van der Waals surface area contributed by atoms with Gasteiger partial charge in [-0.3, -0.25) is 5.41 Å². The van der Waals surface area contributed by atoms with E-state index in [1.807, 2.05) is 33.8 Å². The van der Waals surface area contributed by atoms with Crippen molar-refractivity contribution >= 4 is 30.0 Å². The average Bonchev–Trinajstić information content (AvgIpc) is 2.76. The standard InChI is InChI=1S/C24H31N3O4.ClH/c1-7-30-22(29)18-9-8-16(27-23(25)26-6)12-19(18)24(5)11-10-17-15(4)20(28)13(2)14(3)21(17)31-24;/h8-9,12,28H,7,10-11H2,1-6H3,(H3,25,26,27);1H. The fraction of sp³-hybridized carbons (Fsp3) is 0.417. The molecule has 4 N–H and O–H groups in total. The zero-order valence-electron chi connectivity index (χ0n) is 19.4. The number of hydrogen-bond acceptors (Lipinski definition) is 5. The molecule has 1 unspecified atom stereocenters. The lowest BCUT2D eigenvalue weighted by molar-refractivity contribution is 0.0460. The van der Waals surface area contributed by atoms with Gasteiger partial charge in [0.05, 0.1) is 12.2 Å². The first-order valence-electron chi connectivity index (χ1n) is 10.5. The highest BCUT2D eigenvalue weighted by Crippen LogP contribution is 2.47. The number of phenolic OH excluding ortho intramolecular Hbond substituents is 1. The number of halogens is 1. The van der Waals surface area contributed by atoms with E-state index in [-0.39, 0.29) is 25.0 Å². The zero-order valence-corrected chi connectivity index (χ0v) is 20.3. The number of fused-ring (bicyclic) bond motifs is 1. The summed E-state index contributed by atoms with van der Waals surface area (Å²) in [6, 6.07) is 5.31. The maximum Gasteiger partial charge on any atom is 0.338 e. The fourth-order valence-corrected chi connectivity index (χ4v) is 4.09. The Morgan fingerprint density at radius 2 is 1.94 bits per heavy atom. The van der Waals surface area contributed by atoms with E-state index >= 15 is 0 Å². The van der Waals surface area contributed by atoms with E-state index in [2.05, 4.69) is 10.6 Å². The molecule has 0 radical (unpaired) electrons. The largest absolute Gasteiger partial charge is 0.507 e. The number of carbonyl (C=O) groups is 1. The third-order valence-corrected chi connectivity index (χ3v) is 6.12. The van der Waals surface area contributed by atoms with Crippen LogP contribution in [0.4, 0.5) is 5.69 Å². The normalized spacial score (nSPS) is 16.8. The van der Waals surface area contributed by atoms with Crippen molar-refractivity contribution in [1.29, 1.82) is 5.41 Å². The van der Waals surface area contributed by atoms with E-state index in [0.29, 0.717) is 35.4 Å². The van der Waals surface area contributed by atoms with Gasteiger partial charge in [-0.1, -0.05) is 0 Å².